The summed E-state index contributed by atoms with van der Waals surface area (Å²) in [4.78, 5) is 19.4. The van der Waals surface area contributed by atoms with Crippen molar-refractivity contribution >= 4 is 29.5 Å². The van der Waals surface area contributed by atoms with Crippen LogP contribution in [0.2, 0.25) is 5.15 Å². The largest absolute Gasteiger partial charge is 0.497 e. The van der Waals surface area contributed by atoms with E-state index in [2.05, 4.69) is 15.3 Å². The van der Waals surface area contributed by atoms with E-state index in [1.807, 2.05) is 6.92 Å². The van der Waals surface area contributed by atoms with Crippen LogP contribution in [0.15, 0.2) is 35.5 Å². The van der Waals surface area contributed by atoms with E-state index in [0.29, 0.717) is 40.1 Å². The molecule has 0 saturated heterocycles. The molecule has 0 saturated carbocycles. The molecule has 0 atom stereocenters. The van der Waals surface area contributed by atoms with Gasteiger partial charge in [-0.15, -0.1) is 0 Å². The molecule has 0 unspecified atom stereocenters. The van der Waals surface area contributed by atoms with Gasteiger partial charge in [-0.2, -0.15) is 0 Å². The van der Waals surface area contributed by atoms with Crippen molar-refractivity contribution < 1.29 is 14.3 Å². The molecule has 1 N–H and O–H groups in total. The number of hydrogen-bond donors (Lipinski definition) is 1. The Balaban J connectivity index is 2.53. The number of rotatable bonds is 5. The van der Waals surface area contributed by atoms with Crippen molar-refractivity contribution in [1.82, 2.24) is 10.3 Å². The van der Waals surface area contributed by atoms with Crippen molar-refractivity contribution in [2.45, 2.75) is 6.92 Å². The molecule has 7 heteroatoms. The highest BCUT2D eigenvalue weighted by Crippen LogP contribution is 2.25. The summed E-state index contributed by atoms with van der Waals surface area (Å²) < 4.78 is 10.5. The lowest BCUT2D eigenvalue weighted by molar-refractivity contribution is -0.108. The van der Waals surface area contributed by atoms with Crippen LogP contribution in [0.4, 0.5) is 5.69 Å². The molecule has 2 rings (SSSR count). The molecule has 1 aromatic heterocycles. The molecule has 23 heavy (non-hydrogen) atoms. The van der Waals surface area contributed by atoms with Crippen molar-refractivity contribution in [2.24, 2.45) is 4.99 Å². The van der Waals surface area contributed by atoms with E-state index in [-0.39, 0.29) is 0 Å². The van der Waals surface area contributed by atoms with E-state index in [4.69, 9.17) is 21.1 Å². The Hall–Kier alpha value is -2.60. The predicted octanol–water partition coefficient (Wildman–Crippen LogP) is 2.88. The summed E-state index contributed by atoms with van der Waals surface area (Å²) in [6.07, 6.45) is 2.10. The number of amidine groups is 1. The number of ether oxygens (including phenoxy) is 2. The second-order valence-electron chi connectivity index (χ2n) is 4.62. The number of hydrogen-bond acceptors (Lipinski definition) is 5. The van der Waals surface area contributed by atoms with Crippen molar-refractivity contribution in [3.8, 4) is 11.5 Å². The summed E-state index contributed by atoms with van der Waals surface area (Å²) in [5.74, 6) is 1.53. The number of aliphatic imine (C=N–C) groups is 1. The van der Waals surface area contributed by atoms with Crippen LogP contribution in [0.5, 0.6) is 11.5 Å². The molecule has 1 amide bonds. The maximum Gasteiger partial charge on any atom is 0.212 e. The van der Waals surface area contributed by atoms with Crippen LogP contribution in [-0.2, 0) is 4.79 Å². The zero-order valence-corrected chi connectivity index (χ0v) is 13.7. The molecule has 1 heterocycles. The minimum absolute atomic E-state index is 0.351. The van der Waals surface area contributed by atoms with Gasteiger partial charge in [0.1, 0.15) is 22.5 Å². The zero-order valence-electron chi connectivity index (χ0n) is 13.0. The summed E-state index contributed by atoms with van der Waals surface area (Å²) in [6.45, 7) is 1.86. The monoisotopic (exact) mass is 333 g/mol. The lowest BCUT2D eigenvalue weighted by Gasteiger charge is -2.11. The van der Waals surface area contributed by atoms with Crippen molar-refractivity contribution in [3.63, 3.8) is 0 Å². The van der Waals surface area contributed by atoms with Gasteiger partial charge in [0.15, 0.2) is 0 Å². The molecule has 0 fully saturated rings. The fourth-order valence-corrected chi connectivity index (χ4v) is 2.14. The van der Waals surface area contributed by atoms with E-state index in [0.717, 1.165) is 5.56 Å². The molecule has 0 spiro atoms. The quantitative estimate of drug-likeness (QED) is 0.395. The Bertz CT molecular complexity index is 725. The smallest absolute Gasteiger partial charge is 0.212 e. The predicted molar refractivity (Wildman–Crippen MR) is 88.9 cm³/mol. The lowest BCUT2D eigenvalue weighted by Crippen LogP contribution is -2.22. The van der Waals surface area contributed by atoms with Gasteiger partial charge in [-0.25, -0.2) is 9.98 Å². The van der Waals surface area contributed by atoms with Gasteiger partial charge in [0.2, 0.25) is 6.41 Å². The molecular formula is C16H16ClN3O3. The summed E-state index contributed by atoms with van der Waals surface area (Å²) in [7, 11) is 3.10. The second kappa shape index (κ2) is 7.60. The summed E-state index contributed by atoms with van der Waals surface area (Å²) >= 11 is 5.85. The molecule has 120 valence electrons. The summed E-state index contributed by atoms with van der Waals surface area (Å²) in [5.41, 5.74) is 2.08. The van der Waals surface area contributed by atoms with Crippen molar-refractivity contribution in [1.29, 1.82) is 0 Å². The highest BCUT2D eigenvalue weighted by atomic mass is 35.5. The fourth-order valence-electron chi connectivity index (χ4n) is 1.93. The molecule has 0 aliphatic heterocycles. The number of halogens is 1. The first kappa shape index (κ1) is 16.8. The standard InChI is InChI=1S/C16H16ClN3O3/c1-10-4-15(17)18-8-14(10)20-16(19-9-21)11-5-12(22-2)7-13(6-11)23-3/h4-9H,1-3H3,(H,19,20,21). The topological polar surface area (TPSA) is 72.8 Å². The van der Waals surface area contributed by atoms with Crippen LogP contribution in [0.1, 0.15) is 11.1 Å². The van der Waals surface area contributed by atoms with Gasteiger partial charge in [-0.1, -0.05) is 11.6 Å². The maximum absolute atomic E-state index is 10.9. The van der Waals surface area contributed by atoms with E-state index >= 15 is 0 Å². The fraction of sp³-hybridized carbons (Fsp3) is 0.188. The van der Waals surface area contributed by atoms with Gasteiger partial charge in [-0.3, -0.25) is 4.79 Å². The molecule has 0 bridgehead atoms. The van der Waals surface area contributed by atoms with Crippen LogP contribution < -0.4 is 14.8 Å². The molecule has 0 radical (unpaired) electrons. The number of nitrogens with one attached hydrogen (secondary N) is 1. The third-order valence-corrected chi connectivity index (χ3v) is 3.31. The van der Waals surface area contributed by atoms with Crippen LogP contribution in [-0.4, -0.2) is 31.4 Å². The number of methoxy groups -OCH3 is 2. The molecule has 6 nitrogen and oxygen atoms in total. The first-order chi connectivity index (χ1) is 11.1. The Morgan fingerprint density at radius 1 is 1.22 bits per heavy atom. The number of pyridine rings is 1. The van der Waals surface area contributed by atoms with Crippen molar-refractivity contribution in [3.05, 3.63) is 46.7 Å². The van der Waals surface area contributed by atoms with Crippen LogP contribution in [0.3, 0.4) is 0 Å². The van der Waals surface area contributed by atoms with E-state index in [1.165, 1.54) is 0 Å². The first-order valence-corrected chi connectivity index (χ1v) is 7.09. The SMILES string of the molecule is COc1cc(OC)cc(/C(=N/c2cnc(Cl)cc2C)NC=O)c1. The number of benzene rings is 1. The minimum Gasteiger partial charge on any atom is -0.497 e. The second-order valence-corrected chi connectivity index (χ2v) is 5.00. The van der Waals surface area contributed by atoms with Crippen LogP contribution in [0.25, 0.3) is 0 Å². The molecular weight excluding hydrogens is 318 g/mol. The first-order valence-electron chi connectivity index (χ1n) is 6.72. The number of nitrogens with zero attached hydrogens (tertiary/aromatic N) is 2. The van der Waals surface area contributed by atoms with E-state index in [1.54, 1.807) is 44.7 Å². The van der Waals surface area contributed by atoms with Gasteiger partial charge < -0.3 is 14.8 Å². The highest BCUT2D eigenvalue weighted by molar-refractivity contribution is 6.29. The highest BCUT2D eigenvalue weighted by Gasteiger charge is 2.09. The molecule has 1 aromatic carbocycles. The average Bonchev–Trinajstić information content (AvgIpc) is 2.56. The third-order valence-electron chi connectivity index (χ3n) is 3.10. The van der Waals surface area contributed by atoms with Crippen molar-refractivity contribution in [2.75, 3.05) is 14.2 Å². The van der Waals surface area contributed by atoms with Gasteiger partial charge in [-0.05, 0) is 30.7 Å². The Labute approximate surface area is 139 Å². The van der Waals surface area contributed by atoms with E-state index in [9.17, 15) is 4.79 Å². The van der Waals surface area contributed by atoms with Crippen LogP contribution in [0, 0.1) is 6.92 Å². The Morgan fingerprint density at radius 2 is 1.87 bits per heavy atom. The number of aryl methyl sites for hydroxylation is 1. The maximum atomic E-state index is 10.9. The van der Waals surface area contributed by atoms with Crippen LogP contribution >= 0.6 is 11.6 Å². The normalized spacial score (nSPS) is 11.0. The van der Waals surface area contributed by atoms with Gasteiger partial charge in [0.05, 0.1) is 26.1 Å². The number of carbonyl (C=O) groups is 1. The minimum atomic E-state index is 0.351. The molecule has 2 aromatic rings. The van der Waals surface area contributed by atoms with Gasteiger partial charge in [0, 0.05) is 11.6 Å². The summed E-state index contributed by atoms with van der Waals surface area (Å²) in [6, 6.07) is 6.93. The zero-order chi connectivity index (χ0) is 16.8. The Morgan fingerprint density at radius 3 is 2.39 bits per heavy atom. The van der Waals surface area contributed by atoms with Gasteiger partial charge in [0.25, 0.3) is 0 Å². The number of amides is 1. The lowest BCUT2D eigenvalue weighted by atomic mass is 10.1. The average molecular weight is 334 g/mol. The molecule has 0 aliphatic rings. The Kier molecular flexibility index (Phi) is 5.54. The summed E-state index contributed by atoms with van der Waals surface area (Å²) in [5, 5.41) is 2.97. The molecule has 0 aliphatic carbocycles. The van der Waals surface area contributed by atoms with E-state index < -0.39 is 0 Å². The number of aromatic nitrogens is 1. The van der Waals surface area contributed by atoms with Gasteiger partial charge >= 0.3 is 0 Å². The third kappa shape index (κ3) is 4.20. The number of carbonyl (C=O) groups excluding carboxylic acids is 1.